The molecule has 0 aliphatic heterocycles. The molecule has 0 heterocycles. The molecular weight excluding hydrogens is 625 g/mol. The molecule has 0 aromatic rings. The highest BCUT2D eigenvalue weighted by Crippen LogP contribution is 2.15. The first-order chi connectivity index (χ1) is 13.9. The van der Waals surface area contributed by atoms with Gasteiger partial charge in [-0.2, -0.15) is 0 Å². The zero-order valence-corrected chi connectivity index (χ0v) is 22.9. The normalized spacial score (nSPS) is 14.9. The van der Waals surface area contributed by atoms with Crippen molar-refractivity contribution in [2.75, 3.05) is 0 Å². The van der Waals surface area contributed by atoms with Crippen molar-refractivity contribution in [2.24, 2.45) is 0 Å². The summed E-state index contributed by atoms with van der Waals surface area (Å²) in [5, 5.41) is 0. The van der Waals surface area contributed by atoms with Crippen LogP contribution in [-0.2, 0) is 24.7 Å². The minimum Gasteiger partial charge on any atom is -0.369 e. The first-order valence-electron chi connectivity index (χ1n) is 6.70. The van der Waals surface area contributed by atoms with E-state index < -0.39 is 72.9 Å². The summed E-state index contributed by atoms with van der Waals surface area (Å²) in [6, 6.07) is 0. The summed E-state index contributed by atoms with van der Waals surface area (Å²) in [7, 11) is -41.9. The third-order valence-corrected chi connectivity index (χ3v) is 13.1. The molecule has 0 bridgehead atoms. The molecule has 19 N–H and O–H groups in total. The quantitative estimate of drug-likeness (QED) is 0.0877. The van der Waals surface area contributed by atoms with Crippen LogP contribution in [0.3, 0.4) is 0 Å². The molecule has 0 unspecified atom stereocenters. The van der Waals surface area contributed by atoms with Crippen LogP contribution in [0.1, 0.15) is 0 Å². The smallest absolute Gasteiger partial charge is 0.369 e. The molecular formula is H19O25Si8. The average molecular weight is 644 g/mol. The third kappa shape index (κ3) is 27.2. The van der Waals surface area contributed by atoms with Crippen molar-refractivity contribution < 1.29 is 116 Å². The van der Waals surface area contributed by atoms with Gasteiger partial charge in [0.2, 0.25) is 0 Å². The Kier molecular flexibility index (Phi) is 13.4. The van der Waals surface area contributed by atoms with Crippen molar-refractivity contribution >= 4 is 72.9 Å². The van der Waals surface area contributed by atoms with E-state index in [1.165, 1.54) is 0 Å². The summed E-state index contributed by atoms with van der Waals surface area (Å²) in [5.41, 5.74) is 0. The predicted molar refractivity (Wildman–Crippen MR) is 94.7 cm³/mol. The van der Waals surface area contributed by atoms with Crippen molar-refractivity contribution in [3.05, 3.63) is 0 Å². The Morgan fingerprint density at radius 1 is 0.303 bits per heavy atom. The van der Waals surface area contributed by atoms with Gasteiger partial charge in [-0.3, -0.25) is 0 Å². The number of rotatable bonds is 12. The topological polar surface area (TPSA) is 440 Å². The van der Waals surface area contributed by atoms with E-state index in [2.05, 4.69) is 24.7 Å². The fraction of sp³-hybridized carbons (Fsp3) is 0. The van der Waals surface area contributed by atoms with Gasteiger partial charge in [0.05, 0.1) is 0 Å². The van der Waals surface area contributed by atoms with E-state index >= 15 is 0 Å². The molecule has 33 heteroatoms. The van der Waals surface area contributed by atoms with Crippen LogP contribution in [0.15, 0.2) is 0 Å². The van der Waals surface area contributed by atoms with Crippen LogP contribution >= 0.6 is 0 Å². The zero-order valence-electron chi connectivity index (χ0n) is 14.9. The monoisotopic (exact) mass is 643 g/mol. The second-order valence-electron chi connectivity index (χ2n) is 4.83. The van der Waals surface area contributed by atoms with E-state index in [1.54, 1.807) is 0 Å². The van der Waals surface area contributed by atoms with E-state index in [4.69, 9.17) is 91.1 Å². The first kappa shape index (κ1) is 35.9. The molecule has 0 amide bonds. The molecule has 0 fully saturated rings. The van der Waals surface area contributed by atoms with E-state index in [1.807, 2.05) is 0 Å². The second-order valence-corrected chi connectivity index (χ2v) is 18.2. The molecule has 0 aliphatic rings. The average Bonchev–Trinajstić information content (AvgIpc) is 2.22. The minimum absolute atomic E-state index is 3.54. The Bertz CT molecular complexity index is 467. The maximum Gasteiger partial charge on any atom is 0.665 e. The standard InChI is InChI=1S/H10O13Si4.H9O12Si4/c1-14(2,3)11-17(10,12-15(4,5)6)13-16(7,8)9;1-14(2,3)10-13(11-15(4,5)6)12-16(7,8)9/h1-10H;1-9H. The zero-order chi connectivity index (χ0) is 27.3. The molecule has 0 atom stereocenters. The summed E-state index contributed by atoms with van der Waals surface area (Å²) < 4.78 is 21.9. The van der Waals surface area contributed by atoms with Gasteiger partial charge < -0.3 is 116 Å². The predicted octanol–water partition coefficient (Wildman–Crippen LogP) is -14.0. The fourth-order valence-electron chi connectivity index (χ4n) is 0.980. The number of hydrogen-bond donors (Lipinski definition) is 19. The Labute approximate surface area is 189 Å². The van der Waals surface area contributed by atoms with E-state index in [0.29, 0.717) is 0 Å². The Balaban J connectivity index is 0. The molecule has 0 saturated heterocycles. The van der Waals surface area contributed by atoms with Gasteiger partial charge in [0.15, 0.2) is 0 Å². The summed E-state index contributed by atoms with van der Waals surface area (Å²) in [6.07, 6.45) is 0. The van der Waals surface area contributed by atoms with Crippen LogP contribution in [0.25, 0.3) is 0 Å². The Morgan fingerprint density at radius 2 is 0.485 bits per heavy atom. The van der Waals surface area contributed by atoms with Gasteiger partial charge in [-0.05, 0) is 0 Å². The van der Waals surface area contributed by atoms with Gasteiger partial charge >= 0.3 is 72.9 Å². The largest absolute Gasteiger partial charge is 0.665 e. The Hall–Kier alpha value is 0.735. The Morgan fingerprint density at radius 3 is 0.606 bits per heavy atom. The van der Waals surface area contributed by atoms with Crippen molar-refractivity contribution in [1.29, 1.82) is 0 Å². The second kappa shape index (κ2) is 12.3. The molecule has 0 aromatic carbocycles. The number of hydrogen-bond acceptors (Lipinski definition) is 25. The molecule has 0 aromatic heterocycles. The lowest BCUT2D eigenvalue weighted by molar-refractivity contribution is -0.0138. The van der Waals surface area contributed by atoms with E-state index in [0.717, 1.165) is 0 Å². The highest BCUT2D eigenvalue weighted by atomic mass is 28.5. The highest BCUT2D eigenvalue weighted by Gasteiger charge is 2.62. The van der Waals surface area contributed by atoms with E-state index in [-0.39, 0.29) is 0 Å². The lowest BCUT2D eigenvalue weighted by Gasteiger charge is -2.28. The lowest BCUT2D eigenvalue weighted by Crippen LogP contribution is -2.66. The summed E-state index contributed by atoms with van der Waals surface area (Å²) in [5.74, 6) is 0. The maximum atomic E-state index is 9.15. The minimum atomic E-state index is -5.72. The van der Waals surface area contributed by atoms with Crippen LogP contribution in [0.5, 0.6) is 0 Å². The summed E-state index contributed by atoms with van der Waals surface area (Å²) >= 11 is 0. The SMILES string of the molecule is O[Si](O)(O)O[Si](O)(O[Si](O)(O)O)O[Si](O)(O)O.O[Si](O)(O)O[Si](O[Si](O)(O)O)O[Si](O)(O)O. The molecule has 25 nitrogen and oxygen atoms in total. The molecule has 0 rings (SSSR count). The first-order valence-corrected chi connectivity index (χ1v) is 20.1. The molecule has 0 spiro atoms. The van der Waals surface area contributed by atoms with Crippen molar-refractivity contribution in [2.45, 2.75) is 0 Å². The summed E-state index contributed by atoms with van der Waals surface area (Å²) in [6.45, 7) is 0. The fourth-order valence-corrected chi connectivity index (χ4v) is 11.1. The van der Waals surface area contributed by atoms with Crippen molar-refractivity contribution in [3.63, 3.8) is 0 Å². The van der Waals surface area contributed by atoms with Gasteiger partial charge in [0.1, 0.15) is 0 Å². The lowest BCUT2D eigenvalue weighted by atomic mass is 15.5. The summed E-state index contributed by atoms with van der Waals surface area (Å²) in [4.78, 5) is 161. The van der Waals surface area contributed by atoms with Crippen LogP contribution in [0, 0.1) is 0 Å². The molecule has 33 heavy (non-hydrogen) atoms. The van der Waals surface area contributed by atoms with E-state index in [9.17, 15) is 0 Å². The van der Waals surface area contributed by atoms with Crippen molar-refractivity contribution in [3.8, 4) is 0 Å². The van der Waals surface area contributed by atoms with Crippen molar-refractivity contribution in [1.82, 2.24) is 0 Å². The highest BCUT2D eigenvalue weighted by molar-refractivity contribution is 6.76. The van der Waals surface area contributed by atoms with Gasteiger partial charge in [0.25, 0.3) is 0 Å². The van der Waals surface area contributed by atoms with Gasteiger partial charge in [-0.1, -0.05) is 0 Å². The van der Waals surface area contributed by atoms with Crippen LogP contribution < -0.4 is 0 Å². The maximum absolute atomic E-state index is 9.15. The van der Waals surface area contributed by atoms with Gasteiger partial charge in [-0.25, -0.2) is 0 Å². The third-order valence-electron chi connectivity index (χ3n) is 1.46. The molecule has 0 saturated carbocycles. The van der Waals surface area contributed by atoms with Crippen LogP contribution in [0.4, 0.5) is 0 Å². The molecule has 201 valence electrons. The van der Waals surface area contributed by atoms with Crippen LogP contribution in [-0.4, -0.2) is 164 Å². The van der Waals surface area contributed by atoms with Gasteiger partial charge in [-0.15, -0.1) is 0 Å². The van der Waals surface area contributed by atoms with Gasteiger partial charge in [0, 0.05) is 0 Å². The molecule has 0 aliphatic carbocycles. The van der Waals surface area contributed by atoms with Crippen LogP contribution in [0.2, 0.25) is 0 Å². The molecule has 1 radical (unpaired) electrons.